The van der Waals surface area contributed by atoms with E-state index in [0.717, 1.165) is 10.0 Å². The smallest absolute Gasteiger partial charge is 0.297 e. The maximum absolute atomic E-state index is 12.0. The summed E-state index contributed by atoms with van der Waals surface area (Å²) in [6, 6.07) is 16.0. The highest BCUT2D eigenvalue weighted by atomic mass is 79.9. The van der Waals surface area contributed by atoms with E-state index in [4.69, 9.17) is 8.92 Å². The average molecular weight is 385 g/mol. The van der Waals surface area contributed by atoms with Gasteiger partial charge in [-0.25, -0.2) is 0 Å². The quantitative estimate of drug-likeness (QED) is 0.681. The fraction of sp³-hybridized carbons (Fsp3) is 0.250. The van der Waals surface area contributed by atoms with E-state index in [0.29, 0.717) is 6.61 Å². The summed E-state index contributed by atoms with van der Waals surface area (Å²) in [6.07, 6.45) is -0.328. The van der Waals surface area contributed by atoms with Crippen molar-refractivity contribution in [1.29, 1.82) is 0 Å². The molecule has 0 bridgehead atoms. The van der Waals surface area contributed by atoms with E-state index >= 15 is 0 Å². The summed E-state index contributed by atoms with van der Waals surface area (Å²) in [5.41, 5.74) is 1.03. The van der Waals surface area contributed by atoms with Crippen molar-refractivity contribution in [2.45, 2.75) is 24.5 Å². The molecule has 2 aromatic rings. The first-order valence-electron chi connectivity index (χ1n) is 6.78. The molecule has 1 atom stereocenters. The van der Waals surface area contributed by atoms with Gasteiger partial charge in [-0.3, -0.25) is 4.18 Å². The normalized spacial score (nSPS) is 13.0. The van der Waals surface area contributed by atoms with Crippen LogP contribution in [0.15, 0.2) is 64.0 Å². The van der Waals surface area contributed by atoms with Gasteiger partial charge in [0.15, 0.2) is 0 Å². The third kappa shape index (κ3) is 5.21. The first-order valence-corrected chi connectivity index (χ1v) is 8.98. The second kappa shape index (κ2) is 7.87. The van der Waals surface area contributed by atoms with Gasteiger partial charge in [0.1, 0.15) is 0 Å². The minimum absolute atomic E-state index is 0.0226. The van der Waals surface area contributed by atoms with E-state index in [-0.39, 0.29) is 17.6 Å². The molecule has 6 heteroatoms. The molecular weight excluding hydrogens is 368 g/mol. The Balaban J connectivity index is 1.85. The van der Waals surface area contributed by atoms with Crippen molar-refractivity contribution in [3.05, 3.63) is 64.6 Å². The first-order chi connectivity index (χ1) is 10.5. The number of hydrogen-bond acceptors (Lipinski definition) is 4. The lowest BCUT2D eigenvalue weighted by Gasteiger charge is -2.13. The highest BCUT2D eigenvalue weighted by Crippen LogP contribution is 2.17. The summed E-state index contributed by atoms with van der Waals surface area (Å²) >= 11 is 3.26. The molecule has 118 valence electrons. The fourth-order valence-electron chi connectivity index (χ4n) is 1.72. The Hall–Kier alpha value is -1.21. The second-order valence-electron chi connectivity index (χ2n) is 4.80. The van der Waals surface area contributed by atoms with Gasteiger partial charge in [0.25, 0.3) is 10.1 Å². The highest BCUT2D eigenvalue weighted by molar-refractivity contribution is 9.10. The minimum atomic E-state index is -3.76. The Labute approximate surface area is 139 Å². The van der Waals surface area contributed by atoms with E-state index < -0.39 is 10.1 Å². The van der Waals surface area contributed by atoms with Gasteiger partial charge >= 0.3 is 0 Å². The summed E-state index contributed by atoms with van der Waals surface area (Å²) in [7, 11) is -3.76. The number of hydrogen-bond donors (Lipinski definition) is 0. The van der Waals surface area contributed by atoms with Crippen LogP contribution < -0.4 is 0 Å². The Morgan fingerprint density at radius 3 is 2.32 bits per heavy atom. The van der Waals surface area contributed by atoms with Gasteiger partial charge in [0.2, 0.25) is 0 Å². The molecule has 2 rings (SSSR count). The zero-order valence-electron chi connectivity index (χ0n) is 12.1. The molecule has 0 N–H and O–H groups in total. The zero-order valence-corrected chi connectivity index (χ0v) is 14.5. The molecule has 22 heavy (non-hydrogen) atoms. The Morgan fingerprint density at radius 2 is 1.68 bits per heavy atom. The molecule has 0 aliphatic rings. The lowest BCUT2D eigenvalue weighted by atomic mass is 10.2. The van der Waals surface area contributed by atoms with Crippen LogP contribution in [-0.4, -0.2) is 21.1 Å². The number of rotatable bonds is 7. The number of benzene rings is 2. The van der Waals surface area contributed by atoms with Crippen molar-refractivity contribution in [3.63, 3.8) is 0 Å². The average Bonchev–Trinajstić information content (AvgIpc) is 2.52. The van der Waals surface area contributed by atoms with E-state index in [1.165, 1.54) is 12.1 Å². The van der Waals surface area contributed by atoms with E-state index in [2.05, 4.69) is 15.9 Å². The van der Waals surface area contributed by atoms with Gasteiger partial charge in [-0.2, -0.15) is 8.42 Å². The third-order valence-electron chi connectivity index (χ3n) is 2.94. The van der Waals surface area contributed by atoms with Crippen molar-refractivity contribution in [2.24, 2.45) is 0 Å². The van der Waals surface area contributed by atoms with Crippen molar-refractivity contribution < 1.29 is 17.3 Å². The Kier molecular flexibility index (Phi) is 6.14. The lowest BCUT2D eigenvalue weighted by molar-refractivity contribution is 0.0229. The van der Waals surface area contributed by atoms with Crippen LogP contribution in [0.5, 0.6) is 0 Å². The standard InChI is InChI=1S/C16H17BrO4S/c1-13(20-12-14-5-3-2-4-6-14)11-21-22(18,19)16-9-7-15(17)8-10-16/h2-10,13H,11-12H2,1H3/t13-/m1/s1. The van der Waals surface area contributed by atoms with Crippen molar-refractivity contribution in [1.82, 2.24) is 0 Å². The zero-order chi connectivity index (χ0) is 16.0. The molecule has 0 aliphatic carbocycles. The summed E-state index contributed by atoms with van der Waals surface area (Å²) in [6.45, 7) is 2.18. The second-order valence-corrected chi connectivity index (χ2v) is 7.33. The molecule has 0 unspecified atom stereocenters. The lowest BCUT2D eigenvalue weighted by Crippen LogP contribution is -2.19. The maximum Gasteiger partial charge on any atom is 0.297 e. The van der Waals surface area contributed by atoms with E-state index in [1.54, 1.807) is 19.1 Å². The van der Waals surface area contributed by atoms with Crippen molar-refractivity contribution >= 4 is 26.0 Å². The van der Waals surface area contributed by atoms with Crippen LogP contribution in [0.4, 0.5) is 0 Å². The van der Waals surface area contributed by atoms with Crippen LogP contribution in [-0.2, 0) is 25.6 Å². The van der Waals surface area contributed by atoms with Gasteiger partial charge in [-0.05, 0) is 36.8 Å². The summed E-state index contributed by atoms with van der Waals surface area (Å²) in [5, 5.41) is 0. The maximum atomic E-state index is 12.0. The topological polar surface area (TPSA) is 52.6 Å². The van der Waals surface area contributed by atoms with Gasteiger partial charge in [-0.1, -0.05) is 46.3 Å². The van der Waals surface area contributed by atoms with Gasteiger partial charge in [0.05, 0.1) is 24.2 Å². The molecule has 0 radical (unpaired) electrons. The van der Waals surface area contributed by atoms with Crippen molar-refractivity contribution in [2.75, 3.05) is 6.61 Å². The van der Waals surface area contributed by atoms with Crippen LogP contribution >= 0.6 is 15.9 Å². The van der Waals surface area contributed by atoms with E-state index in [1.807, 2.05) is 30.3 Å². The Morgan fingerprint density at radius 1 is 1.05 bits per heavy atom. The van der Waals surface area contributed by atoms with E-state index in [9.17, 15) is 8.42 Å². The van der Waals surface area contributed by atoms with Gasteiger partial charge < -0.3 is 4.74 Å². The molecule has 4 nitrogen and oxygen atoms in total. The first kappa shape index (κ1) is 17.1. The molecule has 0 aromatic heterocycles. The molecule has 0 saturated heterocycles. The summed E-state index contributed by atoms with van der Waals surface area (Å²) in [4.78, 5) is 0.131. The number of ether oxygens (including phenoxy) is 1. The molecule has 0 aliphatic heterocycles. The largest absolute Gasteiger partial charge is 0.371 e. The highest BCUT2D eigenvalue weighted by Gasteiger charge is 2.16. The van der Waals surface area contributed by atoms with Crippen LogP contribution in [0.1, 0.15) is 12.5 Å². The predicted molar refractivity (Wildman–Crippen MR) is 88.0 cm³/mol. The van der Waals surface area contributed by atoms with Crippen LogP contribution in [0.2, 0.25) is 0 Å². The molecular formula is C16H17BrO4S. The molecule has 0 heterocycles. The molecule has 0 amide bonds. The minimum Gasteiger partial charge on any atom is -0.371 e. The summed E-state index contributed by atoms with van der Waals surface area (Å²) in [5.74, 6) is 0. The molecule has 0 fully saturated rings. The fourth-order valence-corrected chi connectivity index (χ4v) is 2.96. The summed E-state index contributed by atoms with van der Waals surface area (Å²) < 4.78 is 35.5. The predicted octanol–water partition coefficient (Wildman–Crippen LogP) is 3.76. The molecule has 2 aromatic carbocycles. The SMILES string of the molecule is C[C@H](COS(=O)(=O)c1ccc(Br)cc1)OCc1ccccc1. The van der Waals surface area contributed by atoms with Crippen LogP contribution in [0, 0.1) is 0 Å². The third-order valence-corrected chi connectivity index (χ3v) is 4.76. The van der Waals surface area contributed by atoms with Crippen LogP contribution in [0.3, 0.4) is 0 Å². The van der Waals surface area contributed by atoms with Gasteiger partial charge in [0, 0.05) is 4.47 Å². The molecule has 0 saturated carbocycles. The number of halogens is 1. The monoisotopic (exact) mass is 384 g/mol. The van der Waals surface area contributed by atoms with Crippen LogP contribution in [0.25, 0.3) is 0 Å². The van der Waals surface area contributed by atoms with Gasteiger partial charge in [-0.15, -0.1) is 0 Å². The Bertz CT molecular complexity index is 684. The molecule has 0 spiro atoms. The van der Waals surface area contributed by atoms with Crippen molar-refractivity contribution in [3.8, 4) is 0 Å².